The van der Waals surface area contributed by atoms with Crippen LogP contribution in [-0.4, -0.2) is 29.9 Å². The summed E-state index contributed by atoms with van der Waals surface area (Å²) in [6, 6.07) is 4.70. The second kappa shape index (κ2) is 7.89. The molecule has 1 N–H and O–H groups in total. The SMILES string of the molecule is CC=C(C)CN(C(=O)Nc1ccc(OC(F)(F)F)cc1)C(C)C. The first-order chi connectivity index (χ1) is 10.6. The molecule has 23 heavy (non-hydrogen) atoms. The van der Waals surface area contributed by atoms with Gasteiger partial charge in [-0.2, -0.15) is 0 Å². The molecule has 128 valence electrons. The first-order valence-electron chi connectivity index (χ1n) is 7.17. The first-order valence-corrected chi connectivity index (χ1v) is 7.17. The molecule has 0 fully saturated rings. The zero-order valence-electron chi connectivity index (χ0n) is 13.6. The van der Waals surface area contributed by atoms with Gasteiger partial charge in [0.05, 0.1) is 0 Å². The van der Waals surface area contributed by atoms with Gasteiger partial charge >= 0.3 is 12.4 Å². The van der Waals surface area contributed by atoms with Crippen LogP contribution in [0.2, 0.25) is 0 Å². The molecule has 1 aromatic rings. The number of allylic oxidation sites excluding steroid dienone is 1. The van der Waals surface area contributed by atoms with Crippen LogP contribution in [0, 0.1) is 0 Å². The Labute approximate surface area is 133 Å². The molecule has 0 saturated carbocycles. The maximum absolute atomic E-state index is 12.3. The molecule has 0 spiro atoms. The molecule has 0 unspecified atom stereocenters. The second-order valence-corrected chi connectivity index (χ2v) is 5.36. The van der Waals surface area contributed by atoms with Gasteiger partial charge in [0.15, 0.2) is 0 Å². The lowest BCUT2D eigenvalue weighted by molar-refractivity contribution is -0.274. The van der Waals surface area contributed by atoms with E-state index in [4.69, 9.17) is 0 Å². The van der Waals surface area contributed by atoms with E-state index in [1.165, 1.54) is 12.1 Å². The third kappa shape index (κ3) is 6.63. The number of anilines is 1. The van der Waals surface area contributed by atoms with Crippen LogP contribution in [0.1, 0.15) is 27.7 Å². The molecule has 0 atom stereocenters. The molecule has 0 aliphatic rings. The van der Waals surface area contributed by atoms with Crippen LogP contribution < -0.4 is 10.1 Å². The van der Waals surface area contributed by atoms with Crippen LogP contribution in [0.4, 0.5) is 23.7 Å². The third-order valence-electron chi connectivity index (χ3n) is 3.14. The van der Waals surface area contributed by atoms with E-state index < -0.39 is 6.36 Å². The summed E-state index contributed by atoms with van der Waals surface area (Å²) in [5.74, 6) is -0.332. The number of halogens is 3. The average molecular weight is 330 g/mol. The van der Waals surface area contributed by atoms with Gasteiger partial charge in [-0.3, -0.25) is 0 Å². The largest absolute Gasteiger partial charge is 0.573 e. The molecule has 0 aromatic heterocycles. The number of carbonyl (C=O) groups is 1. The van der Waals surface area contributed by atoms with Gasteiger partial charge in [0, 0.05) is 18.3 Å². The van der Waals surface area contributed by atoms with E-state index in [1.54, 1.807) is 4.90 Å². The number of alkyl halides is 3. The van der Waals surface area contributed by atoms with Crippen LogP contribution in [0.5, 0.6) is 5.75 Å². The Hall–Kier alpha value is -2.18. The summed E-state index contributed by atoms with van der Waals surface area (Å²) in [4.78, 5) is 13.9. The van der Waals surface area contributed by atoms with E-state index >= 15 is 0 Å². The minimum absolute atomic E-state index is 0.0160. The zero-order chi connectivity index (χ0) is 17.6. The first kappa shape index (κ1) is 18.9. The molecule has 0 saturated heterocycles. The fourth-order valence-corrected chi connectivity index (χ4v) is 1.78. The predicted octanol–water partition coefficient (Wildman–Crippen LogP) is 4.79. The molecular weight excluding hydrogens is 309 g/mol. The summed E-state index contributed by atoms with van der Waals surface area (Å²) in [6.07, 6.45) is -2.81. The van der Waals surface area contributed by atoms with Crippen LogP contribution in [0.25, 0.3) is 0 Å². The van der Waals surface area contributed by atoms with Crippen molar-refractivity contribution in [3.63, 3.8) is 0 Å². The summed E-state index contributed by atoms with van der Waals surface area (Å²) in [7, 11) is 0. The monoisotopic (exact) mass is 330 g/mol. The lowest BCUT2D eigenvalue weighted by Gasteiger charge is -2.27. The topological polar surface area (TPSA) is 41.6 Å². The molecule has 4 nitrogen and oxygen atoms in total. The molecule has 2 amide bonds. The number of rotatable bonds is 5. The van der Waals surface area contributed by atoms with Crippen molar-refractivity contribution in [1.82, 2.24) is 4.90 Å². The molecule has 0 heterocycles. The van der Waals surface area contributed by atoms with Gasteiger partial charge in [0.1, 0.15) is 5.75 Å². The van der Waals surface area contributed by atoms with Crippen LogP contribution >= 0.6 is 0 Å². The number of nitrogens with one attached hydrogen (secondary N) is 1. The van der Waals surface area contributed by atoms with Gasteiger partial charge in [-0.05, 0) is 52.0 Å². The lowest BCUT2D eigenvalue weighted by Crippen LogP contribution is -2.41. The Morgan fingerprint density at radius 3 is 2.30 bits per heavy atom. The molecule has 0 radical (unpaired) electrons. The highest BCUT2D eigenvalue weighted by molar-refractivity contribution is 5.89. The maximum atomic E-state index is 12.3. The van der Waals surface area contributed by atoms with Crippen LogP contribution in [0.3, 0.4) is 0 Å². The Balaban J connectivity index is 2.75. The predicted molar refractivity (Wildman–Crippen MR) is 83.4 cm³/mol. The van der Waals surface area contributed by atoms with Crippen molar-refractivity contribution in [2.45, 2.75) is 40.1 Å². The fraction of sp³-hybridized carbons (Fsp3) is 0.438. The molecular formula is C16H21F3N2O2. The normalized spacial score (nSPS) is 12.3. The zero-order valence-corrected chi connectivity index (χ0v) is 13.6. The summed E-state index contributed by atoms with van der Waals surface area (Å²) in [5, 5.41) is 2.67. The third-order valence-corrected chi connectivity index (χ3v) is 3.14. The van der Waals surface area contributed by atoms with E-state index in [-0.39, 0.29) is 17.8 Å². The molecule has 0 aliphatic carbocycles. The standard InChI is InChI=1S/C16H21F3N2O2/c1-5-12(4)10-21(11(2)3)15(22)20-13-6-8-14(9-7-13)23-16(17,18)19/h5-9,11H,10H2,1-4H3,(H,20,22). The van der Waals surface area contributed by atoms with Gasteiger partial charge in [-0.15, -0.1) is 13.2 Å². The highest BCUT2D eigenvalue weighted by Gasteiger charge is 2.31. The van der Waals surface area contributed by atoms with Crippen molar-refractivity contribution in [3.8, 4) is 5.75 Å². The van der Waals surface area contributed by atoms with E-state index in [1.807, 2.05) is 33.8 Å². The summed E-state index contributed by atoms with van der Waals surface area (Å²) >= 11 is 0. The highest BCUT2D eigenvalue weighted by atomic mass is 19.4. The van der Waals surface area contributed by atoms with Crippen LogP contribution in [0.15, 0.2) is 35.9 Å². The Morgan fingerprint density at radius 1 is 1.30 bits per heavy atom. The van der Waals surface area contributed by atoms with E-state index in [2.05, 4.69) is 10.1 Å². The minimum atomic E-state index is -4.73. The van der Waals surface area contributed by atoms with E-state index in [0.717, 1.165) is 17.7 Å². The van der Waals surface area contributed by atoms with Crippen molar-refractivity contribution < 1.29 is 22.7 Å². The van der Waals surface area contributed by atoms with Crippen molar-refractivity contribution in [1.29, 1.82) is 0 Å². The number of amides is 2. The Bertz CT molecular complexity index is 551. The van der Waals surface area contributed by atoms with Gasteiger partial charge in [0.2, 0.25) is 0 Å². The second-order valence-electron chi connectivity index (χ2n) is 5.36. The van der Waals surface area contributed by atoms with Crippen LogP contribution in [-0.2, 0) is 0 Å². The minimum Gasteiger partial charge on any atom is -0.406 e. The molecule has 0 aliphatic heterocycles. The van der Waals surface area contributed by atoms with Crippen molar-refractivity contribution >= 4 is 11.7 Å². The van der Waals surface area contributed by atoms with Gasteiger partial charge in [0.25, 0.3) is 0 Å². The Kier molecular flexibility index (Phi) is 6.48. The molecule has 0 bridgehead atoms. The lowest BCUT2D eigenvalue weighted by atomic mass is 10.2. The van der Waals surface area contributed by atoms with Gasteiger partial charge < -0.3 is 15.0 Å². The Morgan fingerprint density at radius 2 is 1.87 bits per heavy atom. The van der Waals surface area contributed by atoms with Gasteiger partial charge in [-0.1, -0.05) is 11.6 Å². The summed E-state index contributed by atoms with van der Waals surface area (Å²) in [6.45, 7) is 8.08. The average Bonchev–Trinajstić information content (AvgIpc) is 2.44. The number of ether oxygens (including phenoxy) is 1. The molecule has 1 aromatic carbocycles. The number of nitrogens with zero attached hydrogens (tertiary/aromatic N) is 1. The number of urea groups is 1. The highest BCUT2D eigenvalue weighted by Crippen LogP contribution is 2.24. The smallest absolute Gasteiger partial charge is 0.406 e. The van der Waals surface area contributed by atoms with Crippen molar-refractivity contribution in [3.05, 3.63) is 35.9 Å². The van der Waals surface area contributed by atoms with Gasteiger partial charge in [-0.25, -0.2) is 4.79 Å². The van der Waals surface area contributed by atoms with E-state index in [0.29, 0.717) is 12.2 Å². The molecule has 7 heteroatoms. The number of carbonyl (C=O) groups excluding carboxylic acids is 1. The quantitative estimate of drug-likeness (QED) is 0.788. The van der Waals surface area contributed by atoms with Crippen molar-refractivity contribution in [2.75, 3.05) is 11.9 Å². The summed E-state index contributed by atoms with van der Waals surface area (Å²) in [5.41, 5.74) is 1.44. The summed E-state index contributed by atoms with van der Waals surface area (Å²) < 4.78 is 40.1. The van der Waals surface area contributed by atoms with E-state index in [9.17, 15) is 18.0 Å². The number of hydrogen-bond acceptors (Lipinski definition) is 2. The fourth-order valence-electron chi connectivity index (χ4n) is 1.78. The van der Waals surface area contributed by atoms with Crippen molar-refractivity contribution in [2.24, 2.45) is 0 Å². The number of hydrogen-bond donors (Lipinski definition) is 1. The molecule has 1 rings (SSSR count). The number of benzene rings is 1. The maximum Gasteiger partial charge on any atom is 0.573 e.